The zero-order chi connectivity index (χ0) is 9.10. The molecule has 1 aliphatic rings. The van der Waals surface area contributed by atoms with Crippen LogP contribution in [0.3, 0.4) is 0 Å². The Morgan fingerprint density at radius 3 is 2.62 bits per heavy atom. The number of rotatable bonds is 1. The number of pyridine rings is 1. The molecular weight excluding hydrogens is 184 g/mol. The van der Waals surface area contributed by atoms with Crippen LogP contribution in [0.15, 0.2) is 18.3 Å². The predicted molar refractivity (Wildman–Crippen MR) is 55.0 cm³/mol. The molecule has 0 saturated carbocycles. The van der Waals surface area contributed by atoms with Crippen LogP contribution < -0.4 is 4.90 Å². The maximum atomic E-state index is 5.76. The summed E-state index contributed by atoms with van der Waals surface area (Å²) in [6.07, 6.45) is 6.34. The lowest BCUT2D eigenvalue weighted by molar-refractivity contribution is 0.671. The summed E-state index contributed by atoms with van der Waals surface area (Å²) < 4.78 is 0. The van der Waals surface area contributed by atoms with E-state index in [1.165, 1.54) is 0 Å². The van der Waals surface area contributed by atoms with Crippen molar-refractivity contribution >= 4 is 17.4 Å². The minimum Gasteiger partial charge on any atom is -0.357 e. The van der Waals surface area contributed by atoms with Crippen molar-refractivity contribution in [1.82, 2.24) is 4.98 Å². The molecule has 69 valence electrons. The molecule has 1 aromatic rings. The van der Waals surface area contributed by atoms with Crippen LogP contribution >= 0.6 is 11.6 Å². The molecule has 1 fully saturated rings. The molecule has 0 N–H and O–H groups in total. The van der Waals surface area contributed by atoms with Crippen LogP contribution in [-0.4, -0.2) is 18.1 Å². The number of halogens is 1. The Hall–Kier alpha value is -0.760. The van der Waals surface area contributed by atoms with E-state index in [1.807, 2.05) is 12.1 Å². The average Bonchev–Trinajstić information content (AvgIpc) is 2.20. The van der Waals surface area contributed by atoms with Gasteiger partial charge in [-0.15, -0.1) is 0 Å². The molecule has 0 spiro atoms. The third kappa shape index (κ3) is 2.13. The minimum atomic E-state index is 0.701. The van der Waals surface area contributed by atoms with E-state index in [2.05, 4.69) is 16.3 Å². The Kier molecular flexibility index (Phi) is 2.69. The number of nitrogens with zero attached hydrogens (tertiary/aromatic N) is 2. The van der Waals surface area contributed by atoms with E-state index in [1.54, 1.807) is 6.20 Å². The van der Waals surface area contributed by atoms with Crippen LogP contribution in [0.2, 0.25) is 5.02 Å². The van der Waals surface area contributed by atoms with Crippen molar-refractivity contribution in [1.29, 1.82) is 0 Å². The quantitative estimate of drug-likeness (QED) is 0.685. The summed E-state index contributed by atoms with van der Waals surface area (Å²) >= 11 is 5.76. The molecule has 0 atom stereocenters. The second kappa shape index (κ2) is 3.97. The number of anilines is 1. The summed E-state index contributed by atoms with van der Waals surface area (Å²) in [5.41, 5.74) is 0. The average molecular weight is 196 g/mol. The Balaban J connectivity index is 2.10. The number of piperidine rings is 1. The SMILES string of the molecule is Clc1ccc(N2CC[CH]CC2)nc1. The smallest absolute Gasteiger partial charge is 0.128 e. The van der Waals surface area contributed by atoms with E-state index in [0.717, 1.165) is 31.7 Å². The molecule has 1 saturated heterocycles. The van der Waals surface area contributed by atoms with Gasteiger partial charge in [-0.1, -0.05) is 11.6 Å². The standard InChI is InChI=1S/C10H12ClN2/c11-9-4-5-10(12-8-9)13-6-2-1-3-7-13/h1,4-5,8H,2-3,6-7H2. The van der Waals surface area contributed by atoms with Gasteiger partial charge in [0, 0.05) is 19.3 Å². The molecule has 3 heteroatoms. The van der Waals surface area contributed by atoms with Gasteiger partial charge in [-0.25, -0.2) is 4.98 Å². The maximum Gasteiger partial charge on any atom is 0.128 e. The van der Waals surface area contributed by atoms with Crippen LogP contribution in [0.25, 0.3) is 0 Å². The normalized spacial score (nSPS) is 17.5. The Morgan fingerprint density at radius 1 is 1.23 bits per heavy atom. The lowest BCUT2D eigenvalue weighted by atomic mass is 10.1. The fourth-order valence-corrected chi connectivity index (χ4v) is 1.65. The Labute approximate surface area is 83.5 Å². The summed E-state index contributed by atoms with van der Waals surface area (Å²) in [5.74, 6) is 1.04. The van der Waals surface area contributed by atoms with Crippen LogP contribution in [0.1, 0.15) is 12.8 Å². The topological polar surface area (TPSA) is 16.1 Å². The number of hydrogen-bond acceptors (Lipinski definition) is 2. The Morgan fingerprint density at radius 2 is 2.00 bits per heavy atom. The molecule has 0 aromatic carbocycles. The predicted octanol–water partition coefficient (Wildman–Crippen LogP) is 2.54. The molecule has 0 aliphatic carbocycles. The largest absolute Gasteiger partial charge is 0.357 e. The lowest BCUT2D eigenvalue weighted by Gasteiger charge is -2.27. The van der Waals surface area contributed by atoms with Crippen molar-refractivity contribution in [2.75, 3.05) is 18.0 Å². The van der Waals surface area contributed by atoms with E-state index in [0.29, 0.717) is 5.02 Å². The first-order valence-corrected chi connectivity index (χ1v) is 4.92. The van der Waals surface area contributed by atoms with Crippen molar-refractivity contribution in [3.05, 3.63) is 29.8 Å². The van der Waals surface area contributed by atoms with E-state index in [4.69, 9.17) is 11.6 Å². The van der Waals surface area contributed by atoms with Crippen molar-refractivity contribution in [3.63, 3.8) is 0 Å². The molecular formula is C10H12ClN2. The minimum absolute atomic E-state index is 0.701. The van der Waals surface area contributed by atoms with E-state index in [9.17, 15) is 0 Å². The van der Waals surface area contributed by atoms with Crippen molar-refractivity contribution in [2.24, 2.45) is 0 Å². The van der Waals surface area contributed by atoms with Gasteiger partial charge >= 0.3 is 0 Å². The molecule has 0 bridgehead atoms. The summed E-state index contributed by atoms with van der Waals surface area (Å²) in [5, 5.41) is 0.701. The maximum absolute atomic E-state index is 5.76. The molecule has 1 aromatic heterocycles. The molecule has 2 rings (SSSR count). The van der Waals surface area contributed by atoms with E-state index in [-0.39, 0.29) is 0 Å². The zero-order valence-electron chi connectivity index (χ0n) is 7.41. The third-order valence-corrected chi connectivity index (χ3v) is 2.47. The van der Waals surface area contributed by atoms with Crippen LogP contribution in [-0.2, 0) is 0 Å². The van der Waals surface area contributed by atoms with Gasteiger partial charge in [0.05, 0.1) is 5.02 Å². The van der Waals surface area contributed by atoms with Gasteiger partial charge in [0.1, 0.15) is 5.82 Å². The summed E-state index contributed by atoms with van der Waals surface area (Å²) in [4.78, 5) is 6.57. The fraction of sp³-hybridized carbons (Fsp3) is 0.400. The summed E-state index contributed by atoms with van der Waals surface area (Å²) in [6, 6.07) is 3.87. The molecule has 1 radical (unpaired) electrons. The summed E-state index contributed by atoms with van der Waals surface area (Å²) in [7, 11) is 0. The van der Waals surface area contributed by atoms with Gasteiger partial charge in [0.2, 0.25) is 0 Å². The Bertz CT molecular complexity index is 265. The van der Waals surface area contributed by atoms with Gasteiger partial charge in [0.25, 0.3) is 0 Å². The third-order valence-electron chi connectivity index (χ3n) is 2.24. The fourth-order valence-electron chi connectivity index (χ4n) is 1.53. The first-order valence-electron chi connectivity index (χ1n) is 4.54. The molecule has 0 amide bonds. The van der Waals surface area contributed by atoms with Gasteiger partial charge < -0.3 is 4.90 Å². The van der Waals surface area contributed by atoms with E-state index < -0.39 is 0 Å². The monoisotopic (exact) mass is 195 g/mol. The van der Waals surface area contributed by atoms with Crippen LogP contribution in [0, 0.1) is 6.42 Å². The van der Waals surface area contributed by atoms with Crippen LogP contribution in [0.4, 0.5) is 5.82 Å². The highest BCUT2D eigenvalue weighted by molar-refractivity contribution is 6.30. The molecule has 2 heterocycles. The molecule has 0 unspecified atom stereocenters. The highest BCUT2D eigenvalue weighted by Crippen LogP contribution is 2.18. The lowest BCUT2D eigenvalue weighted by Crippen LogP contribution is -2.30. The number of aromatic nitrogens is 1. The first-order chi connectivity index (χ1) is 6.36. The first kappa shape index (κ1) is 8.82. The highest BCUT2D eigenvalue weighted by Gasteiger charge is 2.11. The highest BCUT2D eigenvalue weighted by atomic mass is 35.5. The molecule has 2 nitrogen and oxygen atoms in total. The molecule has 1 aliphatic heterocycles. The summed E-state index contributed by atoms with van der Waals surface area (Å²) in [6.45, 7) is 2.16. The van der Waals surface area contributed by atoms with Crippen molar-refractivity contribution in [3.8, 4) is 0 Å². The van der Waals surface area contributed by atoms with Gasteiger partial charge in [0.15, 0.2) is 0 Å². The number of hydrogen-bond donors (Lipinski definition) is 0. The van der Waals surface area contributed by atoms with Crippen molar-refractivity contribution in [2.45, 2.75) is 12.8 Å². The molecule has 13 heavy (non-hydrogen) atoms. The second-order valence-corrected chi connectivity index (χ2v) is 3.62. The van der Waals surface area contributed by atoms with Gasteiger partial charge in [-0.3, -0.25) is 0 Å². The van der Waals surface area contributed by atoms with Gasteiger partial charge in [-0.2, -0.15) is 0 Å². The van der Waals surface area contributed by atoms with Crippen LogP contribution in [0.5, 0.6) is 0 Å². The van der Waals surface area contributed by atoms with Gasteiger partial charge in [-0.05, 0) is 31.4 Å². The van der Waals surface area contributed by atoms with E-state index >= 15 is 0 Å². The second-order valence-electron chi connectivity index (χ2n) is 3.19. The van der Waals surface area contributed by atoms with Crippen molar-refractivity contribution < 1.29 is 0 Å². The zero-order valence-corrected chi connectivity index (χ0v) is 8.17.